The summed E-state index contributed by atoms with van der Waals surface area (Å²) in [5.74, 6) is -1.79. The van der Waals surface area contributed by atoms with E-state index in [1.807, 2.05) is 12.1 Å². The third-order valence-electron chi connectivity index (χ3n) is 2.51. The fraction of sp³-hybridized carbons (Fsp3) is 0.545. The summed E-state index contributed by atoms with van der Waals surface area (Å²) in [6.07, 6.45) is 0. The summed E-state index contributed by atoms with van der Waals surface area (Å²) in [7, 11) is 0. The van der Waals surface area contributed by atoms with Gasteiger partial charge in [-0.25, -0.2) is 0 Å². The molecule has 7 heteroatoms. The van der Waals surface area contributed by atoms with E-state index in [9.17, 15) is 4.79 Å². The highest BCUT2D eigenvalue weighted by molar-refractivity contribution is 7.11. The number of nitriles is 2. The average Bonchev–Trinajstić information content (AvgIpc) is 2.77. The molecule has 1 atom stereocenters. The molecule has 0 aliphatic carbocycles. The number of rotatable bonds is 4. The lowest BCUT2D eigenvalue weighted by Crippen LogP contribution is -2.40. The highest BCUT2D eigenvalue weighted by atomic mass is 32.1. The second-order valence-electron chi connectivity index (χ2n) is 3.74. The summed E-state index contributed by atoms with van der Waals surface area (Å²) in [6.45, 7) is 5.07. The van der Waals surface area contributed by atoms with Crippen LogP contribution in [0.3, 0.4) is 0 Å². The van der Waals surface area contributed by atoms with E-state index < -0.39 is 17.3 Å². The molecule has 0 aliphatic heterocycles. The second kappa shape index (κ2) is 5.56. The number of hydrogen-bond donors (Lipinski definition) is 0. The lowest BCUT2D eigenvalue weighted by Gasteiger charge is -2.24. The van der Waals surface area contributed by atoms with Crippen molar-refractivity contribution in [1.29, 1.82) is 10.5 Å². The smallest absolute Gasteiger partial charge is 0.321 e. The first-order chi connectivity index (χ1) is 8.50. The Hall–Kier alpha value is -1.99. The van der Waals surface area contributed by atoms with Crippen LogP contribution < -0.4 is 0 Å². The Morgan fingerprint density at radius 3 is 2.50 bits per heavy atom. The van der Waals surface area contributed by atoms with Crippen LogP contribution in [0.5, 0.6) is 0 Å². The minimum absolute atomic E-state index is 0.176. The molecule has 1 aromatic heterocycles. The Morgan fingerprint density at radius 1 is 1.50 bits per heavy atom. The molecule has 1 aromatic rings. The maximum absolute atomic E-state index is 12.0. The van der Waals surface area contributed by atoms with Crippen LogP contribution in [0.2, 0.25) is 0 Å². The summed E-state index contributed by atoms with van der Waals surface area (Å²) in [5, 5.41) is 26.7. The highest BCUT2D eigenvalue weighted by Crippen LogP contribution is 2.35. The maximum atomic E-state index is 12.0. The standard InChI is InChI=1S/C11H12N4O2S/c1-4-17-10(16)11(3,8(5-12)6-13)9-15-14-7(2)18-9/h8H,4H2,1-3H3/t11-/m0/s1. The lowest BCUT2D eigenvalue weighted by molar-refractivity contribution is -0.150. The van der Waals surface area contributed by atoms with E-state index in [1.54, 1.807) is 13.8 Å². The molecule has 1 rings (SSSR count). The van der Waals surface area contributed by atoms with Gasteiger partial charge in [-0.2, -0.15) is 10.5 Å². The van der Waals surface area contributed by atoms with Gasteiger partial charge < -0.3 is 4.74 Å². The molecule has 94 valence electrons. The number of carbonyl (C=O) groups excluding carboxylic acids is 1. The topological polar surface area (TPSA) is 99.7 Å². The number of ether oxygens (including phenoxy) is 1. The fourth-order valence-electron chi connectivity index (χ4n) is 1.40. The van der Waals surface area contributed by atoms with Gasteiger partial charge in [0.15, 0.2) is 5.92 Å². The van der Waals surface area contributed by atoms with Crippen molar-refractivity contribution < 1.29 is 9.53 Å². The van der Waals surface area contributed by atoms with Gasteiger partial charge >= 0.3 is 5.97 Å². The van der Waals surface area contributed by atoms with Crippen molar-refractivity contribution >= 4 is 17.3 Å². The van der Waals surface area contributed by atoms with E-state index in [-0.39, 0.29) is 6.61 Å². The van der Waals surface area contributed by atoms with Crippen LogP contribution in [0.25, 0.3) is 0 Å². The van der Waals surface area contributed by atoms with Crippen LogP contribution in [0.15, 0.2) is 0 Å². The monoisotopic (exact) mass is 264 g/mol. The number of aryl methyl sites for hydroxylation is 1. The molecule has 0 radical (unpaired) electrons. The zero-order chi connectivity index (χ0) is 13.8. The summed E-state index contributed by atoms with van der Waals surface area (Å²) >= 11 is 1.18. The first-order valence-corrected chi connectivity index (χ1v) is 6.09. The number of aromatic nitrogens is 2. The van der Waals surface area contributed by atoms with Crippen molar-refractivity contribution in [2.24, 2.45) is 5.92 Å². The molecule has 0 saturated heterocycles. The largest absolute Gasteiger partial charge is 0.465 e. The van der Waals surface area contributed by atoms with Gasteiger partial charge in [-0.05, 0) is 20.8 Å². The molecule has 0 N–H and O–H groups in total. The molecule has 0 spiro atoms. The SMILES string of the molecule is CCOC(=O)[C@](C)(c1nnc(C)s1)C(C#N)C#N. The van der Waals surface area contributed by atoms with Gasteiger partial charge in [-0.1, -0.05) is 0 Å². The maximum Gasteiger partial charge on any atom is 0.321 e. The lowest BCUT2D eigenvalue weighted by atomic mass is 9.79. The molecule has 0 amide bonds. The Labute approximate surface area is 109 Å². The van der Waals surface area contributed by atoms with Crippen LogP contribution in [0, 0.1) is 35.5 Å². The Kier molecular flexibility index (Phi) is 4.35. The van der Waals surface area contributed by atoms with Gasteiger partial charge in [0.1, 0.15) is 15.4 Å². The predicted molar refractivity (Wildman–Crippen MR) is 63.3 cm³/mol. The van der Waals surface area contributed by atoms with Gasteiger partial charge in [0.2, 0.25) is 0 Å². The minimum atomic E-state index is -1.40. The third-order valence-corrected chi connectivity index (χ3v) is 3.58. The van der Waals surface area contributed by atoms with Crippen molar-refractivity contribution in [3.8, 4) is 12.1 Å². The van der Waals surface area contributed by atoms with Crippen LogP contribution in [-0.2, 0) is 14.9 Å². The van der Waals surface area contributed by atoms with Gasteiger partial charge in [-0.15, -0.1) is 21.5 Å². The first-order valence-electron chi connectivity index (χ1n) is 5.27. The minimum Gasteiger partial charge on any atom is -0.465 e. The Morgan fingerprint density at radius 2 is 2.11 bits per heavy atom. The Balaban J connectivity index is 3.31. The summed E-state index contributed by atoms with van der Waals surface area (Å²) < 4.78 is 4.95. The van der Waals surface area contributed by atoms with Crippen molar-refractivity contribution in [2.45, 2.75) is 26.2 Å². The first kappa shape index (κ1) is 14.1. The van der Waals surface area contributed by atoms with Crippen LogP contribution >= 0.6 is 11.3 Å². The molecule has 6 nitrogen and oxygen atoms in total. The summed E-state index contributed by atoms with van der Waals surface area (Å²) in [6, 6.07) is 3.63. The number of carbonyl (C=O) groups is 1. The molecule has 0 aliphatic rings. The summed E-state index contributed by atoms with van der Waals surface area (Å²) in [5.41, 5.74) is -1.40. The van der Waals surface area contributed by atoms with Crippen molar-refractivity contribution in [2.75, 3.05) is 6.61 Å². The highest BCUT2D eigenvalue weighted by Gasteiger charge is 2.48. The molecule has 0 aromatic carbocycles. The van der Waals surface area contributed by atoms with Crippen molar-refractivity contribution in [3.05, 3.63) is 10.0 Å². The molecule has 0 unspecified atom stereocenters. The van der Waals surface area contributed by atoms with Gasteiger partial charge in [0, 0.05) is 0 Å². The van der Waals surface area contributed by atoms with Gasteiger partial charge in [-0.3, -0.25) is 4.79 Å². The number of nitrogens with zero attached hydrogens (tertiary/aromatic N) is 4. The molecule has 0 fully saturated rings. The van der Waals surface area contributed by atoms with Crippen LogP contribution in [0.1, 0.15) is 23.9 Å². The van der Waals surface area contributed by atoms with Crippen LogP contribution in [0.4, 0.5) is 0 Å². The van der Waals surface area contributed by atoms with Crippen molar-refractivity contribution in [1.82, 2.24) is 10.2 Å². The predicted octanol–water partition coefficient (Wildman–Crippen LogP) is 1.33. The molecule has 1 heterocycles. The summed E-state index contributed by atoms with van der Waals surface area (Å²) in [4.78, 5) is 12.0. The zero-order valence-corrected chi connectivity index (χ0v) is 11.1. The quantitative estimate of drug-likeness (QED) is 0.760. The average molecular weight is 264 g/mol. The molecular weight excluding hydrogens is 252 g/mol. The van der Waals surface area contributed by atoms with Gasteiger partial charge in [0.25, 0.3) is 0 Å². The Bertz CT molecular complexity index is 514. The fourth-order valence-corrected chi connectivity index (χ4v) is 2.26. The van der Waals surface area contributed by atoms with Crippen molar-refractivity contribution in [3.63, 3.8) is 0 Å². The molecule has 18 heavy (non-hydrogen) atoms. The molecular formula is C11H12N4O2S. The van der Waals surface area contributed by atoms with E-state index in [0.717, 1.165) is 0 Å². The van der Waals surface area contributed by atoms with E-state index in [2.05, 4.69) is 10.2 Å². The number of esters is 1. The third kappa shape index (κ3) is 2.31. The normalized spacial score (nSPS) is 13.4. The van der Waals surface area contributed by atoms with E-state index >= 15 is 0 Å². The van der Waals surface area contributed by atoms with E-state index in [0.29, 0.717) is 10.0 Å². The molecule has 0 saturated carbocycles. The second-order valence-corrected chi connectivity index (χ2v) is 4.92. The van der Waals surface area contributed by atoms with Gasteiger partial charge in [0.05, 0.1) is 18.7 Å². The number of hydrogen-bond acceptors (Lipinski definition) is 7. The van der Waals surface area contributed by atoms with E-state index in [1.165, 1.54) is 18.3 Å². The molecule has 0 bridgehead atoms. The van der Waals surface area contributed by atoms with E-state index in [4.69, 9.17) is 15.3 Å². The van der Waals surface area contributed by atoms with Crippen LogP contribution in [-0.4, -0.2) is 22.8 Å². The zero-order valence-electron chi connectivity index (χ0n) is 10.3.